The van der Waals surface area contributed by atoms with Crippen LogP contribution in [0.5, 0.6) is 5.75 Å². The van der Waals surface area contributed by atoms with E-state index in [0.717, 1.165) is 11.3 Å². The summed E-state index contributed by atoms with van der Waals surface area (Å²) in [6.45, 7) is 12.7. The molecule has 4 heteroatoms. The molecule has 0 saturated heterocycles. The topological polar surface area (TPSA) is 30.5 Å². The van der Waals surface area contributed by atoms with Crippen LogP contribution < -0.4 is 10.1 Å². The second-order valence-electron chi connectivity index (χ2n) is 7.39. The predicted molar refractivity (Wildman–Crippen MR) is 104 cm³/mol. The number of allylic oxidation sites excluding steroid dienone is 3. The zero-order valence-electron chi connectivity index (χ0n) is 16.1. The molecular formula is C22H29FNO2. The Labute approximate surface area is 156 Å². The second-order valence-corrected chi connectivity index (χ2v) is 7.39. The third-order valence-corrected chi connectivity index (χ3v) is 4.07. The van der Waals surface area contributed by atoms with Crippen molar-refractivity contribution in [1.29, 1.82) is 0 Å². The Hall–Kier alpha value is -2.07. The fraction of sp³-hybridized carbons (Fsp3) is 0.409. The maximum atomic E-state index is 13.7. The fourth-order valence-electron chi connectivity index (χ4n) is 2.76. The van der Waals surface area contributed by atoms with Crippen molar-refractivity contribution in [2.24, 2.45) is 5.92 Å². The van der Waals surface area contributed by atoms with Gasteiger partial charge in [-0.15, -0.1) is 0 Å². The maximum absolute atomic E-state index is 13.7. The van der Waals surface area contributed by atoms with Crippen LogP contribution in [-0.4, -0.2) is 18.3 Å². The molecule has 0 aliphatic carbocycles. The van der Waals surface area contributed by atoms with Gasteiger partial charge in [-0.05, 0) is 51.5 Å². The van der Waals surface area contributed by atoms with Crippen molar-refractivity contribution in [3.63, 3.8) is 0 Å². The van der Waals surface area contributed by atoms with Gasteiger partial charge in [-0.25, -0.2) is 4.39 Å². The molecule has 0 spiro atoms. The van der Waals surface area contributed by atoms with Crippen LogP contribution >= 0.6 is 0 Å². The van der Waals surface area contributed by atoms with Crippen molar-refractivity contribution in [1.82, 2.24) is 5.32 Å². The molecule has 1 aliphatic heterocycles. The highest BCUT2D eigenvalue weighted by Gasteiger charge is 2.24. The van der Waals surface area contributed by atoms with E-state index in [1.54, 1.807) is 18.2 Å². The van der Waals surface area contributed by atoms with Gasteiger partial charge < -0.3 is 14.8 Å². The van der Waals surface area contributed by atoms with Gasteiger partial charge in [-0.1, -0.05) is 31.2 Å². The maximum Gasteiger partial charge on any atom is 0.165 e. The van der Waals surface area contributed by atoms with Gasteiger partial charge in [0, 0.05) is 24.2 Å². The molecule has 2 atom stereocenters. The first kappa shape index (κ1) is 20.2. The zero-order chi connectivity index (χ0) is 19.2. The molecule has 0 bridgehead atoms. The monoisotopic (exact) mass is 358 g/mol. The van der Waals surface area contributed by atoms with Crippen molar-refractivity contribution in [2.45, 2.75) is 45.8 Å². The Morgan fingerprint density at radius 2 is 1.92 bits per heavy atom. The Morgan fingerprint density at radius 1 is 1.19 bits per heavy atom. The van der Waals surface area contributed by atoms with E-state index >= 15 is 0 Å². The molecule has 1 heterocycles. The van der Waals surface area contributed by atoms with Gasteiger partial charge in [0.15, 0.2) is 11.6 Å². The summed E-state index contributed by atoms with van der Waals surface area (Å²) in [5.74, 6) is 0.00485. The molecule has 1 aromatic carbocycles. The van der Waals surface area contributed by atoms with E-state index in [-0.39, 0.29) is 29.2 Å². The highest BCUT2D eigenvalue weighted by molar-refractivity contribution is 5.33. The molecular weight excluding hydrogens is 329 g/mol. The van der Waals surface area contributed by atoms with E-state index in [9.17, 15) is 4.39 Å². The summed E-state index contributed by atoms with van der Waals surface area (Å²) in [4.78, 5) is 0. The SMILES string of the molecule is [CH2]C(OC(C)(C)C)C(C)C1=C(CCOc2ccccc2F)C=CC=CN1. The number of hydrogen-bond acceptors (Lipinski definition) is 3. The van der Waals surface area contributed by atoms with Gasteiger partial charge in [0.1, 0.15) is 0 Å². The number of halogens is 1. The first-order valence-corrected chi connectivity index (χ1v) is 8.99. The Balaban J connectivity index is 2.09. The minimum atomic E-state index is -0.345. The molecule has 0 saturated carbocycles. The molecule has 0 amide bonds. The average Bonchev–Trinajstić information content (AvgIpc) is 2.80. The minimum Gasteiger partial charge on any atom is -0.490 e. The van der Waals surface area contributed by atoms with E-state index in [1.807, 2.05) is 39.1 Å². The standard InChI is InChI=1S/C22H29FNO2/c1-16(17(2)26-22(3,4)5)21-18(10-8-9-14-24-21)13-15-25-20-12-7-6-11-19(20)23/h6-12,14,16-17,24H,2,13,15H2,1,3-5H3. The molecule has 2 rings (SSSR count). The lowest BCUT2D eigenvalue weighted by Gasteiger charge is -2.31. The Morgan fingerprint density at radius 3 is 2.62 bits per heavy atom. The normalized spacial score (nSPS) is 16.8. The fourth-order valence-corrected chi connectivity index (χ4v) is 2.76. The van der Waals surface area contributed by atoms with Gasteiger partial charge in [0.2, 0.25) is 0 Å². The molecule has 1 radical (unpaired) electrons. The van der Waals surface area contributed by atoms with Crippen LogP contribution in [0.25, 0.3) is 0 Å². The lowest BCUT2D eigenvalue weighted by molar-refractivity contribution is -0.0553. The summed E-state index contributed by atoms with van der Waals surface area (Å²) in [5.41, 5.74) is 1.90. The molecule has 1 aliphatic rings. The lowest BCUT2D eigenvalue weighted by Crippen LogP contribution is -2.33. The summed E-state index contributed by atoms with van der Waals surface area (Å²) in [7, 11) is 0. The van der Waals surface area contributed by atoms with Crippen LogP contribution in [0.4, 0.5) is 4.39 Å². The van der Waals surface area contributed by atoms with E-state index in [4.69, 9.17) is 9.47 Å². The van der Waals surface area contributed by atoms with Crippen LogP contribution in [0, 0.1) is 18.7 Å². The van der Waals surface area contributed by atoms with E-state index in [1.165, 1.54) is 6.07 Å². The van der Waals surface area contributed by atoms with Gasteiger partial charge in [0.25, 0.3) is 0 Å². The number of hydrogen-bond donors (Lipinski definition) is 1. The zero-order valence-corrected chi connectivity index (χ0v) is 16.1. The third kappa shape index (κ3) is 6.03. The third-order valence-electron chi connectivity index (χ3n) is 4.07. The molecule has 2 unspecified atom stereocenters. The number of rotatable bonds is 7. The van der Waals surface area contributed by atoms with Crippen LogP contribution in [-0.2, 0) is 4.74 Å². The van der Waals surface area contributed by atoms with E-state index < -0.39 is 0 Å². The van der Waals surface area contributed by atoms with Gasteiger partial charge in [-0.3, -0.25) is 0 Å². The van der Waals surface area contributed by atoms with Crippen LogP contribution in [0.1, 0.15) is 34.1 Å². The molecule has 3 nitrogen and oxygen atoms in total. The number of ether oxygens (including phenoxy) is 2. The summed E-state index contributed by atoms with van der Waals surface area (Å²) in [6, 6.07) is 6.45. The smallest absolute Gasteiger partial charge is 0.165 e. The molecule has 0 aromatic heterocycles. The van der Waals surface area contributed by atoms with E-state index in [2.05, 4.69) is 25.2 Å². The average molecular weight is 358 g/mol. The van der Waals surface area contributed by atoms with Gasteiger partial charge in [-0.2, -0.15) is 0 Å². The van der Waals surface area contributed by atoms with Crippen molar-refractivity contribution < 1.29 is 13.9 Å². The summed E-state index contributed by atoms with van der Waals surface area (Å²) < 4.78 is 25.3. The van der Waals surface area contributed by atoms with Crippen molar-refractivity contribution in [2.75, 3.05) is 6.61 Å². The largest absolute Gasteiger partial charge is 0.490 e. The predicted octanol–water partition coefficient (Wildman–Crippen LogP) is 5.18. The highest BCUT2D eigenvalue weighted by Crippen LogP contribution is 2.26. The van der Waals surface area contributed by atoms with Gasteiger partial charge in [0.05, 0.1) is 18.3 Å². The summed E-state index contributed by atoms with van der Waals surface area (Å²) in [6.07, 6.45) is 8.34. The number of para-hydroxylation sites is 1. The molecule has 1 aromatic rings. The lowest BCUT2D eigenvalue weighted by atomic mass is 9.95. The summed E-state index contributed by atoms with van der Waals surface area (Å²) >= 11 is 0. The second kappa shape index (κ2) is 9.04. The van der Waals surface area contributed by atoms with Crippen molar-refractivity contribution >= 4 is 0 Å². The van der Waals surface area contributed by atoms with Crippen LogP contribution in [0.2, 0.25) is 0 Å². The van der Waals surface area contributed by atoms with Crippen molar-refractivity contribution in [3.8, 4) is 5.75 Å². The molecule has 1 N–H and O–H groups in total. The van der Waals surface area contributed by atoms with Crippen LogP contribution in [0.3, 0.4) is 0 Å². The van der Waals surface area contributed by atoms with Gasteiger partial charge >= 0.3 is 0 Å². The Kier molecular flexibility index (Phi) is 7.04. The summed E-state index contributed by atoms with van der Waals surface area (Å²) in [5, 5.41) is 3.35. The van der Waals surface area contributed by atoms with Crippen molar-refractivity contribution in [3.05, 3.63) is 72.7 Å². The van der Waals surface area contributed by atoms with Crippen LogP contribution in [0.15, 0.2) is 60.0 Å². The number of nitrogens with one attached hydrogen (secondary N) is 1. The minimum absolute atomic E-state index is 0.0742. The first-order valence-electron chi connectivity index (χ1n) is 8.99. The highest BCUT2D eigenvalue weighted by atomic mass is 19.1. The quantitative estimate of drug-likeness (QED) is 0.729. The molecule has 0 fully saturated rings. The molecule has 26 heavy (non-hydrogen) atoms. The van der Waals surface area contributed by atoms with E-state index in [0.29, 0.717) is 13.0 Å². The molecule has 141 valence electrons. The number of benzene rings is 1. The Bertz CT molecular complexity index is 686. The first-order chi connectivity index (χ1) is 12.3.